The molecule has 0 aromatic heterocycles. The van der Waals surface area contributed by atoms with Crippen molar-refractivity contribution in [1.29, 1.82) is 0 Å². The Morgan fingerprint density at radius 1 is 0.833 bits per heavy atom. The van der Waals surface area contributed by atoms with Crippen LogP contribution in [0.25, 0.3) is 0 Å². The van der Waals surface area contributed by atoms with Crippen molar-refractivity contribution in [2.24, 2.45) is 0 Å². The van der Waals surface area contributed by atoms with E-state index in [0.29, 0.717) is 25.7 Å². The third kappa shape index (κ3) is 4.99. The van der Waals surface area contributed by atoms with Crippen molar-refractivity contribution in [3.05, 3.63) is 35.4 Å². The molecule has 1 aromatic rings. The Kier molecular flexibility index (Phi) is 5.91. The molecule has 0 aliphatic carbocycles. The SMILES string of the molecule is COC(=O)CCc1ccc(CCC(=O)OC)cc1. The monoisotopic (exact) mass is 250 g/mol. The highest BCUT2D eigenvalue weighted by molar-refractivity contribution is 5.70. The van der Waals surface area contributed by atoms with Gasteiger partial charge in [-0.25, -0.2) is 0 Å². The van der Waals surface area contributed by atoms with Crippen LogP contribution in [0.1, 0.15) is 24.0 Å². The fourth-order valence-electron chi connectivity index (χ4n) is 1.57. The van der Waals surface area contributed by atoms with E-state index in [1.165, 1.54) is 14.2 Å². The maximum absolute atomic E-state index is 11.0. The van der Waals surface area contributed by atoms with Gasteiger partial charge in [-0.15, -0.1) is 0 Å². The summed E-state index contributed by atoms with van der Waals surface area (Å²) in [5, 5.41) is 0. The van der Waals surface area contributed by atoms with Gasteiger partial charge in [-0.3, -0.25) is 9.59 Å². The molecule has 18 heavy (non-hydrogen) atoms. The molecule has 0 unspecified atom stereocenters. The van der Waals surface area contributed by atoms with Crippen molar-refractivity contribution in [3.8, 4) is 0 Å². The van der Waals surface area contributed by atoms with Crippen LogP contribution in [0.2, 0.25) is 0 Å². The molecule has 98 valence electrons. The van der Waals surface area contributed by atoms with Gasteiger partial charge in [-0.2, -0.15) is 0 Å². The molecule has 0 saturated carbocycles. The van der Waals surface area contributed by atoms with Crippen LogP contribution in [0.5, 0.6) is 0 Å². The van der Waals surface area contributed by atoms with Crippen molar-refractivity contribution in [1.82, 2.24) is 0 Å². The minimum absolute atomic E-state index is 0.204. The van der Waals surface area contributed by atoms with Crippen molar-refractivity contribution in [2.45, 2.75) is 25.7 Å². The summed E-state index contributed by atoms with van der Waals surface area (Å²) in [6.07, 6.45) is 2.12. The van der Waals surface area contributed by atoms with Crippen molar-refractivity contribution in [3.63, 3.8) is 0 Å². The number of methoxy groups -OCH3 is 2. The number of hydrogen-bond donors (Lipinski definition) is 0. The largest absolute Gasteiger partial charge is 0.469 e. The van der Waals surface area contributed by atoms with E-state index in [1.807, 2.05) is 24.3 Å². The van der Waals surface area contributed by atoms with Crippen LogP contribution in [-0.2, 0) is 31.9 Å². The molecule has 0 bridgehead atoms. The van der Waals surface area contributed by atoms with Crippen molar-refractivity contribution >= 4 is 11.9 Å². The maximum Gasteiger partial charge on any atom is 0.305 e. The minimum Gasteiger partial charge on any atom is -0.469 e. The van der Waals surface area contributed by atoms with E-state index in [1.54, 1.807) is 0 Å². The molecular formula is C14H18O4. The highest BCUT2D eigenvalue weighted by Gasteiger charge is 2.03. The van der Waals surface area contributed by atoms with Crippen LogP contribution in [-0.4, -0.2) is 26.2 Å². The summed E-state index contributed by atoms with van der Waals surface area (Å²) in [5.41, 5.74) is 2.17. The Morgan fingerprint density at radius 3 is 1.44 bits per heavy atom. The Balaban J connectivity index is 2.42. The molecule has 0 spiro atoms. The minimum atomic E-state index is -0.204. The maximum atomic E-state index is 11.0. The number of carbonyl (C=O) groups is 2. The topological polar surface area (TPSA) is 52.6 Å². The average Bonchev–Trinajstić information content (AvgIpc) is 2.43. The van der Waals surface area contributed by atoms with Crippen molar-refractivity contribution in [2.75, 3.05) is 14.2 Å². The summed E-state index contributed by atoms with van der Waals surface area (Å²) in [7, 11) is 2.77. The summed E-state index contributed by atoms with van der Waals surface area (Å²) in [6, 6.07) is 7.87. The molecule has 1 rings (SSSR count). The first-order valence-electron chi connectivity index (χ1n) is 5.87. The number of rotatable bonds is 6. The summed E-state index contributed by atoms with van der Waals surface area (Å²) in [5.74, 6) is -0.408. The van der Waals surface area contributed by atoms with Gasteiger partial charge in [0.15, 0.2) is 0 Å². The lowest BCUT2D eigenvalue weighted by molar-refractivity contribution is -0.141. The van der Waals surface area contributed by atoms with Crippen LogP contribution in [0.15, 0.2) is 24.3 Å². The number of hydrogen-bond acceptors (Lipinski definition) is 4. The fourth-order valence-corrected chi connectivity index (χ4v) is 1.57. The average molecular weight is 250 g/mol. The van der Waals surface area contributed by atoms with Crippen LogP contribution in [0.4, 0.5) is 0 Å². The van der Waals surface area contributed by atoms with Gasteiger partial charge in [0, 0.05) is 12.8 Å². The highest BCUT2D eigenvalue weighted by atomic mass is 16.5. The molecule has 0 amide bonds. The Bertz CT molecular complexity index is 356. The molecule has 0 atom stereocenters. The lowest BCUT2D eigenvalue weighted by atomic mass is 10.0. The van der Waals surface area contributed by atoms with E-state index in [-0.39, 0.29) is 11.9 Å². The standard InChI is InChI=1S/C14H18O4/c1-17-13(15)9-7-11-3-5-12(6-4-11)8-10-14(16)18-2/h3-6H,7-10H2,1-2H3. The lowest BCUT2D eigenvalue weighted by Crippen LogP contribution is -2.03. The van der Waals surface area contributed by atoms with Crippen molar-refractivity contribution < 1.29 is 19.1 Å². The first-order chi connectivity index (χ1) is 8.65. The second-order valence-electron chi connectivity index (χ2n) is 3.97. The zero-order valence-corrected chi connectivity index (χ0v) is 10.8. The molecule has 0 aliphatic rings. The molecule has 1 aromatic carbocycles. The first kappa shape index (κ1) is 14.2. The van der Waals surface area contributed by atoms with Gasteiger partial charge in [0.2, 0.25) is 0 Å². The van der Waals surface area contributed by atoms with Crippen LogP contribution in [0.3, 0.4) is 0 Å². The van der Waals surface area contributed by atoms with Crippen LogP contribution in [0, 0.1) is 0 Å². The van der Waals surface area contributed by atoms with Gasteiger partial charge < -0.3 is 9.47 Å². The fraction of sp³-hybridized carbons (Fsp3) is 0.429. The third-order valence-electron chi connectivity index (χ3n) is 2.71. The smallest absolute Gasteiger partial charge is 0.305 e. The molecule has 0 fully saturated rings. The Morgan fingerprint density at radius 2 is 1.17 bits per heavy atom. The van der Waals surface area contributed by atoms with Crippen LogP contribution >= 0.6 is 0 Å². The summed E-state index contributed by atoms with van der Waals surface area (Å²) >= 11 is 0. The molecule has 0 heterocycles. The summed E-state index contributed by atoms with van der Waals surface area (Å²) in [4.78, 5) is 22.0. The van der Waals surface area contributed by atoms with E-state index >= 15 is 0 Å². The molecule has 0 radical (unpaired) electrons. The second-order valence-corrected chi connectivity index (χ2v) is 3.97. The van der Waals surface area contributed by atoms with Gasteiger partial charge >= 0.3 is 11.9 Å². The quantitative estimate of drug-likeness (QED) is 0.723. The predicted octanol–water partition coefficient (Wildman–Crippen LogP) is 1.90. The predicted molar refractivity (Wildman–Crippen MR) is 67.1 cm³/mol. The number of ether oxygens (including phenoxy) is 2. The summed E-state index contributed by atoms with van der Waals surface area (Å²) < 4.78 is 9.17. The van der Waals surface area contributed by atoms with E-state index in [0.717, 1.165) is 11.1 Å². The van der Waals surface area contributed by atoms with Gasteiger partial charge in [0.25, 0.3) is 0 Å². The van der Waals surface area contributed by atoms with Crippen LogP contribution < -0.4 is 0 Å². The van der Waals surface area contributed by atoms with E-state index in [4.69, 9.17) is 0 Å². The molecule has 0 N–H and O–H groups in total. The number of aryl methyl sites for hydroxylation is 2. The zero-order valence-electron chi connectivity index (χ0n) is 10.8. The molecule has 4 nitrogen and oxygen atoms in total. The van der Waals surface area contributed by atoms with Gasteiger partial charge in [0.1, 0.15) is 0 Å². The normalized spacial score (nSPS) is 9.89. The number of carbonyl (C=O) groups excluding carboxylic acids is 2. The molecule has 4 heteroatoms. The van der Waals surface area contributed by atoms with Gasteiger partial charge in [-0.1, -0.05) is 24.3 Å². The van der Waals surface area contributed by atoms with E-state index in [2.05, 4.69) is 9.47 Å². The molecule has 0 saturated heterocycles. The van der Waals surface area contributed by atoms with Gasteiger partial charge in [0.05, 0.1) is 14.2 Å². The van der Waals surface area contributed by atoms with E-state index < -0.39 is 0 Å². The molecule has 0 aliphatic heterocycles. The molecular weight excluding hydrogens is 232 g/mol. The highest BCUT2D eigenvalue weighted by Crippen LogP contribution is 2.09. The first-order valence-corrected chi connectivity index (χ1v) is 5.87. The Hall–Kier alpha value is -1.84. The zero-order chi connectivity index (χ0) is 13.4. The summed E-state index contributed by atoms with van der Waals surface area (Å²) in [6.45, 7) is 0. The Labute approximate surface area is 107 Å². The third-order valence-corrected chi connectivity index (χ3v) is 2.71. The lowest BCUT2D eigenvalue weighted by Gasteiger charge is -2.03. The van der Waals surface area contributed by atoms with E-state index in [9.17, 15) is 9.59 Å². The number of benzene rings is 1. The second kappa shape index (κ2) is 7.48. The number of esters is 2. The van der Waals surface area contributed by atoms with Gasteiger partial charge in [-0.05, 0) is 24.0 Å².